The summed E-state index contributed by atoms with van der Waals surface area (Å²) in [6.07, 6.45) is 2.61. The maximum absolute atomic E-state index is 14.3. The average Bonchev–Trinajstić information content (AvgIpc) is 2.98. The Bertz CT molecular complexity index is 954. The van der Waals surface area contributed by atoms with Gasteiger partial charge in [-0.1, -0.05) is 0 Å². The summed E-state index contributed by atoms with van der Waals surface area (Å²) < 4.78 is 16.2. The van der Waals surface area contributed by atoms with Gasteiger partial charge in [-0.2, -0.15) is 0 Å². The van der Waals surface area contributed by atoms with Gasteiger partial charge >= 0.3 is 5.97 Å². The number of hydrogen-bond acceptors (Lipinski definition) is 7. The average molecular weight is 357 g/mol. The summed E-state index contributed by atoms with van der Waals surface area (Å²) in [5.41, 5.74) is 0.451. The Kier molecular flexibility index (Phi) is 4.57. The lowest BCUT2D eigenvalue weighted by Gasteiger charge is -2.14. The molecule has 0 aliphatic carbocycles. The first-order valence-electron chi connectivity index (χ1n) is 7.77. The quantitative estimate of drug-likeness (QED) is 0.715. The number of nitrogens with one attached hydrogen (secondary N) is 1. The fraction of sp³-hybridized carbons (Fsp3) is 0.250. The van der Waals surface area contributed by atoms with Gasteiger partial charge in [-0.05, 0) is 32.9 Å². The molecule has 3 aromatic heterocycles. The molecule has 0 aromatic carbocycles. The van der Waals surface area contributed by atoms with Crippen molar-refractivity contribution in [3.05, 3.63) is 41.9 Å². The van der Waals surface area contributed by atoms with E-state index in [1.807, 2.05) is 25.3 Å². The Balaban J connectivity index is 1.94. The number of imidazole rings is 1. The van der Waals surface area contributed by atoms with Crippen LogP contribution in [0.3, 0.4) is 0 Å². The lowest BCUT2D eigenvalue weighted by atomic mass is 10.2. The molecule has 134 valence electrons. The second kappa shape index (κ2) is 6.82. The Hall–Kier alpha value is -3.43. The van der Waals surface area contributed by atoms with Crippen LogP contribution < -0.4 is 5.32 Å². The molecule has 3 rings (SSSR count). The first kappa shape index (κ1) is 17.4. The van der Waals surface area contributed by atoms with E-state index in [4.69, 9.17) is 5.11 Å². The van der Waals surface area contributed by atoms with Crippen molar-refractivity contribution >= 4 is 17.7 Å². The molecule has 0 amide bonds. The summed E-state index contributed by atoms with van der Waals surface area (Å²) in [4.78, 5) is 23.1. The van der Waals surface area contributed by atoms with Crippen molar-refractivity contribution in [2.24, 2.45) is 0 Å². The first-order valence-corrected chi connectivity index (χ1v) is 7.77. The molecule has 0 spiro atoms. The molecular formula is C16H16FN7O2. The van der Waals surface area contributed by atoms with Gasteiger partial charge < -0.3 is 15.0 Å². The number of rotatable bonds is 5. The number of carbonyl (C=O) groups is 1. The molecule has 0 aliphatic rings. The van der Waals surface area contributed by atoms with Crippen molar-refractivity contribution in [3.8, 4) is 11.4 Å². The number of carboxylic acids is 1. The lowest BCUT2D eigenvalue weighted by molar-refractivity contribution is 0.0689. The highest BCUT2D eigenvalue weighted by molar-refractivity contribution is 5.85. The third-order valence-corrected chi connectivity index (χ3v) is 3.61. The van der Waals surface area contributed by atoms with E-state index in [2.05, 4.69) is 30.5 Å². The van der Waals surface area contributed by atoms with Crippen molar-refractivity contribution in [1.29, 1.82) is 0 Å². The number of carboxylic acid groups (broad SMARTS) is 1. The Morgan fingerprint density at radius 3 is 2.62 bits per heavy atom. The lowest BCUT2D eigenvalue weighted by Crippen LogP contribution is -2.09. The van der Waals surface area contributed by atoms with Gasteiger partial charge in [0.05, 0.1) is 18.1 Å². The molecule has 10 heteroatoms. The van der Waals surface area contributed by atoms with E-state index in [0.29, 0.717) is 5.69 Å². The van der Waals surface area contributed by atoms with Crippen molar-refractivity contribution in [2.75, 3.05) is 5.32 Å². The SMILES string of the molecule is Cc1ncc(-c2nc(Nc3ccc(C(=O)O)nn3)ncc2F)n1C(C)C. The van der Waals surface area contributed by atoms with Crippen LogP contribution in [0.5, 0.6) is 0 Å². The molecule has 0 saturated heterocycles. The maximum Gasteiger partial charge on any atom is 0.356 e. The van der Waals surface area contributed by atoms with E-state index in [0.717, 1.165) is 12.0 Å². The normalized spacial score (nSPS) is 11.0. The Labute approximate surface area is 148 Å². The molecular weight excluding hydrogens is 341 g/mol. The number of halogens is 1. The molecule has 0 fully saturated rings. The number of aromatic nitrogens is 6. The number of aryl methyl sites for hydroxylation is 1. The molecule has 3 aromatic rings. The molecule has 0 unspecified atom stereocenters. The van der Waals surface area contributed by atoms with E-state index in [1.54, 1.807) is 6.20 Å². The highest BCUT2D eigenvalue weighted by atomic mass is 19.1. The van der Waals surface area contributed by atoms with Crippen LogP contribution >= 0.6 is 0 Å². The highest BCUT2D eigenvalue weighted by Crippen LogP contribution is 2.26. The van der Waals surface area contributed by atoms with Gasteiger partial charge in [0.1, 0.15) is 11.5 Å². The van der Waals surface area contributed by atoms with Crippen molar-refractivity contribution in [2.45, 2.75) is 26.8 Å². The fourth-order valence-electron chi connectivity index (χ4n) is 2.51. The Morgan fingerprint density at radius 1 is 1.23 bits per heavy atom. The van der Waals surface area contributed by atoms with Crippen LogP contribution in [-0.4, -0.2) is 40.8 Å². The number of nitrogens with zero attached hydrogens (tertiary/aromatic N) is 6. The van der Waals surface area contributed by atoms with E-state index in [-0.39, 0.29) is 29.2 Å². The zero-order chi connectivity index (χ0) is 18.8. The number of aromatic carboxylic acids is 1. The number of anilines is 2. The van der Waals surface area contributed by atoms with Crippen molar-refractivity contribution in [1.82, 2.24) is 29.7 Å². The van der Waals surface area contributed by atoms with Crippen molar-refractivity contribution < 1.29 is 14.3 Å². The van der Waals surface area contributed by atoms with Crippen LogP contribution in [0.2, 0.25) is 0 Å². The van der Waals surface area contributed by atoms with E-state index in [9.17, 15) is 9.18 Å². The van der Waals surface area contributed by atoms with Crippen LogP contribution in [0, 0.1) is 12.7 Å². The summed E-state index contributed by atoms with van der Waals surface area (Å²) in [7, 11) is 0. The van der Waals surface area contributed by atoms with Gasteiger partial charge in [-0.25, -0.2) is 24.1 Å². The van der Waals surface area contributed by atoms with E-state index < -0.39 is 11.8 Å². The van der Waals surface area contributed by atoms with Crippen LogP contribution in [0.25, 0.3) is 11.4 Å². The minimum absolute atomic E-state index is 0.0766. The number of hydrogen-bond donors (Lipinski definition) is 2. The molecule has 0 saturated carbocycles. The standard InChI is InChI=1S/C16H16FN7O2/c1-8(2)24-9(3)18-7-12(24)14-10(17)6-19-16(21-14)20-13-5-4-11(15(25)26)22-23-13/h4-8H,1-3H3,(H,25,26)(H,19,20,21,23). The molecule has 0 aliphatic heterocycles. The third-order valence-electron chi connectivity index (χ3n) is 3.61. The summed E-state index contributed by atoms with van der Waals surface area (Å²) in [5, 5.41) is 18.9. The van der Waals surface area contributed by atoms with Crippen LogP contribution in [0.1, 0.15) is 36.2 Å². The zero-order valence-electron chi connectivity index (χ0n) is 14.3. The maximum atomic E-state index is 14.3. The second-order valence-electron chi connectivity index (χ2n) is 5.78. The van der Waals surface area contributed by atoms with E-state index >= 15 is 0 Å². The van der Waals surface area contributed by atoms with Gasteiger partial charge in [0.15, 0.2) is 17.3 Å². The van der Waals surface area contributed by atoms with Crippen molar-refractivity contribution in [3.63, 3.8) is 0 Å². The first-order chi connectivity index (χ1) is 12.4. The predicted octanol–water partition coefficient (Wildman–Crippen LogP) is 2.60. The van der Waals surface area contributed by atoms with Crippen LogP contribution in [-0.2, 0) is 0 Å². The molecule has 0 radical (unpaired) electrons. The smallest absolute Gasteiger partial charge is 0.356 e. The van der Waals surface area contributed by atoms with Gasteiger partial charge in [0.2, 0.25) is 5.95 Å². The topological polar surface area (TPSA) is 119 Å². The summed E-state index contributed by atoms with van der Waals surface area (Å²) in [6.45, 7) is 5.77. The van der Waals surface area contributed by atoms with Crippen LogP contribution in [0.4, 0.5) is 16.2 Å². The zero-order valence-corrected chi connectivity index (χ0v) is 14.3. The molecule has 2 N–H and O–H groups in total. The third kappa shape index (κ3) is 3.34. The minimum Gasteiger partial charge on any atom is -0.476 e. The van der Waals surface area contributed by atoms with Gasteiger partial charge in [-0.15, -0.1) is 10.2 Å². The summed E-state index contributed by atoms with van der Waals surface area (Å²) in [5.74, 6) is -0.668. The van der Waals surface area contributed by atoms with Gasteiger partial charge in [0.25, 0.3) is 0 Å². The minimum atomic E-state index is -1.18. The molecule has 0 atom stereocenters. The Morgan fingerprint density at radius 2 is 2.00 bits per heavy atom. The molecule has 26 heavy (non-hydrogen) atoms. The second-order valence-corrected chi connectivity index (χ2v) is 5.78. The monoisotopic (exact) mass is 357 g/mol. The van der Waals surface area contributed by atoms with Gasteiger partial charge in [-0.3, -0.25) is 0 Å². The fourth-order valence-corrected chi connectivity index (χ4v) is 2.51. The van der Waals surface area contributed by atoms with E-state index in [1.165, 1.54) is 12.1 Å². The molecule has 0 bridgehead atoms. The summed E-state index contributed by atoms with van der Waals surface area (Å²) in [6, 6.07) is 2.79. The summed E-state index contributed by atoms with van der Waals surface area (Å²) >= 11 is 0. The molecule has 3 heterocycles. The van der Waals surface area contributed by atoms with Gasteiger partial charge in [0, 0.05) is 6.04 Å². The molecule has 9 nitrogen and oxygen atoms in total. The van der Waals surface area contributed by atoms with Crippen LogP contribution in [0.15, 0.2) is 24.5 Å². The largest absolute Gasteiger partial charge is 0.476 e. The predicted molar refractivity (Wildman–Crippen MR) is 90.6 cm³/mol. The highest BCUT2D eigenvalue weighted by Gasteiger charge is 2.18.